The van der Waals surface area contributed by atoms with Crippen molar-refractivity contribution in [3.8, 4) is 0 Å². The fourth-order valence-corrected chi connectivity index (χ4v) is 2.01. The van der Waals surface area contributed by atoms with Crippen molar-refractivity contribution in [1.82, 2.24) is 5.32 Å². The Hall–Kier alpha value is -2.36. The van der Waals surface area contributed by atoms with E-state index in [1.807, 2.05) is 18.2 Å². The Labute approximate surface area is 124 Å². The van der Waals surface area contributed by atoms with E-state index in [-0.39, 0.29) is 18.3 Å². The SMILES string of the molecule is O=C(CNc1ccccc1F)NCCCc1ccccc1. The van der Waals surface area contributed by atoms with Crippen LogP contribution < -0.4 is 10.6 Å². The summed E-state index contributed by atoms with van der Waals surface area (Å²) in [5, 5.41) is 5.60. The van der Waals surface area contributed by atoms with Gasteiger partial charge in [0.05, 0.1) is 12.2 Å². The Morgan fingerprint density at radius 3 is 2.48 bits per heavy atom. The van der Waals surface area contributed by atoms with Gasteiger partial charge >= 0.3 is 0 Å². The molecule has 2 rings (SSSR count). The zero-order chi connectivity index (χ0) is 14.9. The second-order valence-electron chi connectivity index (χ2n) is 4.77. The fraction of sp³-hybridized carbons (Fsp3) is 0.235. The monoisotopic (exact) mass is 286 g/mol. The van der Waals surface area contributed by atoms with Gasteiger partial charge in [0, 0.05) is 6.54 Å². The molecule has 4 heteroatoms. The van der Waals surface area contributed by atoms with Gasteiger partial charge in [-0.05, 0) is 30.5 Å². The first kappa shape index (κ1) is 15.0. The maximum absolute atomic E-state index is 13.3. The lowest BCUT2D eigenvalue weighted by molar-refractivity contribution is -0.119. The molecule has 0 aliphatic heterocycles. The molecule has 2 aromatic carbocycles. The van der Waals surface area contributed by atoms with Gasteiger partial charge in [0.2, 0.25) is 5.91 Å². The van der Waals surface area contributed by atoms with Crippen LogP contribution in [0.5, 0.6) is 0 Å². The number of para-hydroxylation sites is 1. The molecule has 0 radical (unpaired) electrons. The molecule has 0 aromatic heterocycles. The van der Waals surface area contributed by atoms with E-state index in [4.69, 9.17) is 0 Å². The molecular formula is C17H19FN2O. The van der Waals surface area contributed by atoms with E-state index in [1.165, 1.54) is 11.6 Å². The number of hydrogen-bond acceptors (Lipinski definition) is 2. The summed E-state index contributed by atoms with van der Waals surface area (Å²) in [6.07, 6.45) is 1.82. The number of nitrogens with one attached hydrogen (secondary N) is 2. The summed E-state index contributed by atoms with van der Waals surface area (Å²) in [5.41, 5.74) is 1.60. The number of anilines is 1. The number of rotatable bonds is 7. The molecule has 0 fully saturated rings. The Bertz CT molecular complexity index is 572. The molecule has 110 valence electrons. The number of amides is 1. The van der Waals surface area contributed by atoms with Crippen LogP contribution in [0.3, 0.4) is 0 Å². The van der Waals surface area contributed by atoms with Gasteiger partial charge in [-0.15, -0.1) is 0 Å². The molecular weight excluding hydrogens is 267 g/mol. The van der Waals surface area contributed by atoms with Gasteiger partial charge in [-0.1, -0.05) is 42.5 Å². The van der Waals surface area contributed by atoms with Gasteiger partial charge < -0.3 is 10.6 Å². The minimum absolute atomic E-state index is 0.0757. The van der Waals surface area contributed by atoms with Crippen molar-refractivity contribution in [1.29, 1.82) is 0 Å². The Kier molecular flexibility index (Phi) is 5.76. The van der Waals surface area contributed by atoms with Crippen molar-refractivity contribution in [3.05, 3.63) is 66.0 Å². The molecule has 0 bridgehead atoms. The summed E-state index contributed by atoms with van der Waals surface area (Å²) in [6.45, 7) is 0.693. The summed E-state index contributed by atoms with van der Waals surface area (Å²) < 4.78 is 13.3. The zero-order valence-electron chi connectivity index (χ0n) is 11.8. The van der Waals surface area contributed by atoms with Crippen LogP contribution >= 0.6 is 0 Å². The van der Waals surface area contributed by atoms with E-state index in [0.717, 1.165) is 12.8 Å². The third-order valence-electron chi connectivity index (χ3n) is 3.12. The highest BCUT2D eigenvalue weighted by atomic mass is 19.1. The predicted octanol–water partition coefficient (Wildman–Crippen LogP) is 2.99. The normalized spacial score (nSPS) is 10.1. The van der Waals surface area contributed by atoms with E-state index in [1.54, 1.807) is 18.2 Å². The quantitative estimate of drug-likeness (QED) is 0.768. The highest BCUT2D eigenvalue weighted by Crippen LogP contribution is 2.11. The zero-order valence-corrected chi connectivity index (χ0v) is 11.8. The van der Waals surface area contributed by atoms with Gasteiger partial charge in [-0.25, -0.2) is 4.39 Å². The van der Waals surface area contributed by atoms with E-state index >= 15 is 0 Å². The van der Waals surface area contributed by atoms with Crippen molar-refractivity contribution in [3.63, 3.8) is 0 Å². The lowest BCUT2D eigenvalue weighted by Gasteiger charge is -2.08. The molecule has 0 spiro atoms. The Morgan fingerprint density at radius 2 is 1.71 bits per heavy atom. The van der Waals surface area contributed by atoms with Crippen molar-refractivity contribution >= 4 is 11.6 Å². The molecule has 0 unspecified atom stereocenters. The van der Waals surface area contributed by atoms with Gasteiger partial charge in [-0.2, -0.15) is 0 Å². The summed E-state index contributed by atoms with van der Waals surface area (Å²) in [6, 6.07) is 16.5. The smallest absolute Gasteiger partial charge is 0.239 e. The maximum Gasteiger partial charge on any atom is 0.239 e. The number of hydrogen-bond donors (Lipinski definition) is 2. The minimum Gasteiger partial charge on any atom is -0.374 e. The molecule has 21 heavy (non-hydrogen) atoms. The number of halogens is 1. The molecule has 0 heterocycles. The maximum atomic E-state index is 13.3. The first-order chi connectivity index (χ1) is 10.3. The van der Waals surface area contributed by atoms with Crippen LogP contribution in [0, 0.1) is 5.82 Å². The fourth-order valence-electron chi connectivity index (χ4n) is 2.01. The second-order valence-corrected chi connectivity index (χ2v) is 4.77. The van der Waals surface area contributed by atoms with Crippen molar-refractivity contribution in [2.45, 2.75) is 12.8 Å². The predicted molar refractivity (Wildman–Crippen MR) is 82.7 cm³/mol. The first-order valence-corrected chi connectivity index (χ1v) is 7.05. The van der Waals surface area contributed by atoms with Crippen LogP contribution in [0.25, 0.3) is 0 Å². The molecule has 0 atom stereocenters. The Morgan fingerprint density at radius 1 is 1.00 bits per heavy atom. The minimum atomic E-state index is -0.352. The Balaban J connectivity index is 1.63. The van der Waals surface area contributed by atoms with Crippen LogP contribution in [-0.4, -0.2) is 19.0 Å². The van der Waals surface area contributed by atoms with E-state index in [2.05, 4.69) is 22.8 Å². The third kappa shape index (κ3) is 5.26. The molecule has 1 amide bonds. The topological polar surface area (TPSA) is 41.1 Å². The average Bonchev–Trinajstić information content (AvgIpc) is 2.52. The van der Waals surface area contributed by atoms with Crippen LogP contribution in [0.2, 0.25) is 0 Å². The highest BCUT2D eigenvalue weighted by Gasteiger charge is 2.03. The van der Waals surface area contributed by atoms with Gasteiger partial charge in [0.15, 0.2) is 0 Å². The van der Waals surface area contributed by atoms with Crippen LogP contribution in [-0.2, 0) is 11.2 Å². The number of aryl methyl sites for hydroxylation is 1. The first-order valence-electron chi connectivity index (χ1n) is 7.05. The summed E-state index contributed by atoms with van der Waals surface area (Å²) >= 11 is 0. The van der Waals surface area contributed by atoms with Crippen LogP contribution in [0.15, 0.2) is 54.6 Å². The number of carbonyl (C=O) groups is 1. The van der Waals surface area contributed by atoms with Crippen LogP contribution in [0.1, 0.15) is 12.0 Å². The van der Waals surface area contributed by atoms with E-state index in [9.17, 15) is 9.18 Å². The highest BCUT2D eigenvalue weighted by molar-refractivity contribution is 5.80. The standard InChI is InChI=1S/C17H19FN2O/c18-15-10-4-5-11-16(15)20-13-17(21)19-12-6-9-14-7-2-1-3-8-14/h1-5,7-8,10-11,20H,6,9,12-13H2,(H,19,21). The van der Waals surface area contributed by atoms with E-state index in [0.29, 0.717) is 12.2 Å². The summed E-state index contributed by atoms with van der Waals surface area (Å²) in [5.74, 6) is -0.485. The molecule has 0 aliphatic rings. The van der Waals surface area contributed by atoms with Gasteiger partial charge in [0.1, 0.15) is 5.82 Å². The molecule has 2 aromatic rings. The van der Waals surface area contributed by atoms with E-state index < -0.39 is 0 Å². The van der Waals surface area contributed by atoms with Crippen molar-refractivity contribution in [2.24, 2.45) is 0 Å². The average molecular weight is 286 g/mol. The molecule has 2 N–H and O–H groups in total. The molecule has 0 aliphatic carbocycles. The largest absolute Gasteiger partial charge is 0.374 e. The molecule has 3 nitrogen and oxygen atoms in total. The number of carbonyl (C=O) groups excluding carboxylic acids is 1. The second kappa shape index (κ2) is 8.04. The third-order valence-corrected chi connectivity index (χ3v) is 3.12. The van der Waals surface area contributed by atoms with Gasteiger partial charge in [-0.3, -0.25) is 4.79 Å². The lowest BCUT2D eigenvalue weighted by atomic mass is 10.1. The van der Waals surface area contributed by atoms with Crippen molar-refractivity contribution < 1.29 is 9.18 Å². The molecule has 0 saturated heterocycles. The summed E-state index contributed by atoms with van der Waals surface area (Å²) in [7, 11) is 0. The molecule has 0 saturated carbocycles. The van der Waals surface area contributed by atoms with Crippen molar-refractivity contribution in [2.75, 3.05) is 18.4 Å². The lowest BCUT2D eigenvalue weighted by Crippen LogP contribution is -2.31. The number of benzene rings is 2. The van der Waals surface area contributed by atoms with Crippen LogP contribution in [0.4, 0.5) is 10.1 Å². The summed E-state index contributed by atoms with van der Waals surface area (Å²) in [4.78, 5) is 11.6. The van der Waals surface area contributed by atoms with Gasteiger partial charge in [0.25, 0.3) is 0 Å².